The van der Waals surface area contributed by atoms with E-state index in [0.29, 0.717) is 11.1 Å². The van der Waals surface area contributed by atoms with Crippen LogP contribution in [0.3, 0.4) is 0 Å². The number of carbonyl (C=O) groups excluding carboxylic acids is 3. The van der Waals surface area contributed by atoms with Crippen LogP contribution in [0.25, 0.3) is 0 Å². The lowest BCUT2D eigenvalue weighted by atomic mass is 9.95. The molecule has 4 fully saturated rings. The Bertz CT molecular complexity index is 2170. The Labute approximate surface area is 370 Å². The van der Waals surface area contributed by atoms with Crippen LogP contribution in [0.15, 0.2) is 121 Å². The summed E-state index contributed by atoms with van der Waals surface area (Å²) in [6, 6.07) is 34.3. The number of halogens is 3. The second-order valence-corrected chi connectivity index (χ2v) is 16.8. The van der Waals surface area contributed by atoms with Gasteiger partial charge in [-0.05, 0) is 24.3 Å². The molecule has 15 nitrogen and oxygen atoms in total. The zero-order chi connectivity index (χ0) is 43.4. The van der Waals surface area contributed by atoms with E-state index < -0.39 is 102 Å². The fourth-order valence-electron chi connectivity index (χ4n) is 7.46. The Hall–Kier alpha value is -4.65. The molecule has 1 N–H and O–H groups in total. The lowest BCUT2D eigenvalue weighted by Crippen LogP contribution is -2.68. The van der Waals surface area contributed by atoms with Gasteiger partial charge in [-0.3, -0.25) is 10.2 Å². The average Bonchev–Trinajstić information content (AvgIpc) is 3.28. The summed E-state index contributed by atoms with van der Waals surface area (Å²) >= 11 is 18.2. The molecular weight excluding hydrogens is 873 g/mol. The molecule has 0 saturated carbocycles. The molecule has 0 bridgehead atoms. The molecule has 8 rings (SSSR count). The average molecular weight is 913 g/mol. The summed E-state index contributed by atoms with van der Waals surface area (Å²) in [5.74, 6) is -3.24. The van der Waals surface area contributed by atoms with Gasteiger partial charge >= 0.3 is 17.9 Å². The standard InChI is InChI=1S/C44H40Cl3NO14/c1-24(49)54-33-31-29(22-52-39(59-31)27-18-10-4-11-19-27)55-41(35(33)57-37(50)25-14-6-2-7-15-25)61-34-32-30(23-53-40(60-32)28-20-12-5-13-21-28)56-42(62-43(48)44(45,46)47)36(34)58-38(51)26-16-8-3-9-17-26/h2-21,29-36,39-42,48H,22-23H2,1H3/t29-,30-,31-,32-,33+,34+,35-,36-,39-,40-,41+,42?/m1/s1. The number of nitrogens with one attached hydrogen (secondary N) is 1. The van der Waals surface area contributed by atoms with E-state index in [2.05, 4.69) is 0 Å². The van der Waals surface area contributed by atoms with Crippen LogP contribution in [0.2, 0.25) is 0 Å². The van der Waals surface area contributed by atoms with E-state index in [9.17, 15) is 14.4 Å². The number of rotatable bonds is 10. The molecule has 18 heteroatoms. The van der Waals surface area contributed by atoms with Crippen LogP contribution in [-0.2, 0) is 56.9 Å². The zero-order valence-electron chi connectivity index (χ0n) is 32.7. The fourth-order valence-corrected chi connectivity index (χ4v) is 7.59. The van der Waals surface area contributed by atoms with Crippen LogP contribution >= 0.6 is 34.8 Å². The predicted molar refractivity (Wildman–Crippen MR) is 218 cm³/mol. The molecule has 4 heterocycles. The van der Waals surface area contributed by atoms with Crippen molar-refractivity contribution >= 4 is 58.6 Å². The highest BCUT2D eigenvalue weighted by atomic mass is 35.6. The second kappa shape index (κ2) is 19.4. The third kappa shape index (κ3) is 10.1. The number of esters is 3. The van der Waals surface area contributed by atoms with Gasteiger partial charge in [-0.15, -0.1) is 0 Å². The van der Waals surface area contributed by atoms with Crippen molar-refractivity contribution in [1.29, 1.82) is 5.41 Å². The zero-order valence-corrected chi connectivity index (χ0v) is 35.0. The summed E-state index contributed by atoms with van der Waals surface area (Å²) in [7, 11) is 0. The predicted octanol–water partition coefficient (Wildman–Crippen LogP) is 6.80. The first-order chi connectivity index (χ1) is 29.9. The minimum atomic E-state index is -2.36. The number of ether oxygens (including phenoxy) is 11. The van der Waals surface area contributed by atoms with Crippen molar-refractivity contribution in [2.75, 3.05) is 13.2 Å². The van der Waals surface area contributed by atoms with Gasteiger partial charge in [0.25, 0.3) is 3.79 Å². The van der Waals surface area contributed by atoms with Gasteiger partial charge < -0.3 is 52.1 Å². The van der Waals surface area contributed by atoms with Gasteiger partial charge in [0.1, 0.15) is 30.5 Å². The summed E-state index contributed by atoms with van der Waals surface area (Å²) in [6.07, 6.45) is -15.4. The van der Waals surface area contributed by atoms with Gasteiger partial charge in [-0.25, -0.2) is 9.59 Å². The van der Waals surface area contributed by atoms with Crippen molar-refractivity contribution in [3.8, 4) is 0 Å². The molecule has 4 aromatic rings. The van der Waals surface area contributed by atoms with Crippen LogP contribution < -0.4 is 0 Å². The molecule has 0 amide bonds. The third-order valence-corrected chi connectivity index (χ3v) is 10.8. The van der Waals surface area contributed by atoms with E-state index in [1.165, 1.54) is 19.1 Å². The summed E-state index contributed by atoms with van der Waals surface area (Å²) in [6.45, 7) is 0.999. The fraction of sp³-hybridized carbons (Fsp3) is 0.364. The molecule has 62 heavy (non-hydrogen) atoms. The van der Waals surface area contributed by atoms with Crippen LogP contribution in [0, 0.1) is 5.41 Å². The Morgan fingerprint density at radius 3 is 1.42 bits per heavy atom. The van der Waals surface area contributed by atoms with E-state index >= 15 is 0 Å². The first kappa shape index (κ1) is 44.0. The molecule has 4 aliphatic rings. The lowest BCUT2D eigenvalue weighted by molar-refractivity contribution is -0.399. The molecule has 4 saturated heterocycles. The van der Waals surface area contributed by atoms with Gasteiger partial charge in [0.2, 0.25) is 12.2 Å². The molecule has 0 spiro atoms. The SMILES string of the molecule is CC(=O)O[C@@H]1[C@@H](OC(=O)c2ccccc2)[C@H](O[C@H]2[C@@H]3O[C@H](c4ccccc4)OC[C@H]3OC(OC(=N)C(Cl)(Cl)Cl)[C@@H]2OC(=O)c2ccccc2)O[C@@H]2CO[C@@H](c3ccccc3)O[C@@H]12. The van der Waals surface area contributed by atoms with Crippen LogP contribution in [0.1, 0.15) is 51.3 Å². The van der Waals surface area contributed by atoms with E-state index in [1.807, 2.05) is 36.4 Å². The van der Waals surface area contributed by atoms with Gasteiger partial charge in [-0.2, -0.15) is 0 Å². The van der Waals surface area contributed by atoms with Gasteiger partial charge in [-0.1, -0.05) is 132 Å². The quantitative estimate of drug-likeness (QED) is 0.0578. The van der Waals surface area contributed by atoms with Crippen molar-refractivity contribution in [3.63, 3.8) is 0 Å². The van der Waals surface area contributed by atoms with E-state index in [1.54, 1.807) is 72.8 Å². The minimum absolute atomic E-state index is 0.0833. The summed E-state index contributed by atoms with van der Waals surface area (Å²) < 4.78 is 66.6. The number of benzene rings is 4. The van der Waals surface area contributed by atoms with E-state index in [4.69, 9.17) is 92.3 Å². The number of carbonyl (C=O) groups is 3. The Morgan fingerprint density at radius 1 is 0.548 bits per heavy atom. The number of fused-ring (bicyclic) bond motifs is 2. The van der Waals surface area contributed by atoms with Crippen LogP contribution in [0.5, 0.6) is 0 Å². The van der Waals surface area contributed by atoms with E-state index in [0.717, 1.165) is 0 Å². The molecule has 0 aromatic heterocycles. The van der Waals surface area contributed by atoms with Crippen molar-refractivity contribution in [3.05, 3.63) is 144 Å². The first-order valence-corrected chi connectivity index (χ1v) is 20.7. The summed E-state index contributed by atoms with van der Waals surface area (Å²) in [4.78, 5) is 40.8. The minimum Gasteiger partial charge on any atom is -0.455 e. The molecule has 0 aliphatic carbocycles. The van der Waals surface area contributed by atoms with Gasteiger partial charge in [0.05, 0.1) is 24.3 Å². The summed E-state index contributed by atoms with van der Waals surface area (Å²) in [5.41, 5.74) is 1.63. The molecule has 0 radical (unpaired) electrons. The van der Waals surface area contributed by atoms with Crippen LogP contribution in [0.4, 0.5) is 0 Å². The second-order valence-electron chi connectivity index (χ2n) is 14.5. The molecule has 1 unspecified atom stereocenters. The van der Waals surface area contributed by atoms with Crippen LogP contribution in [-0.4, -0.2) is 102 Å². The topological polar surface area (TPSA) is 177 Å². The maximum Gasteiger partial charge on any atom is 0.338 e. The van der Waals surface area contributed by atoms with Gasteiger partial charge in [0, 0.05) is 18.1 Å². The van der Waals surface area contributed by atoms with Gasteiger partial charge in [0.15, 0.2) is 37.2 Å². The van der Waals surface area contributed by atoms with E-state index in [-0.39, 0.29) is 24.3 Å². The highest BCUT2D eigenvalue weighted by molar-refractivity contribution is 6.76. The third-order valence-electron chi connectivity index (χ3n) is 10.3. The normalized spacial score (nSPS) is 30.7. The summed E-state index contributed by atoms with van der Waals surface area (Å²) in [5, 5.41) is 8.47. The molecule has 4 aromatic carbocycles. The highest BCUT2D eigenvalue weighted by Crippen LogP contribution is 2.42. The number of hydrogen-bond donors (Lipinski definition) is 1. The first-order valence-electron chi connectivity index (χ1n) is 19.5. The van der Waals surface area contributed by atoms with Crippen molar-refractivity contribution < 1.29 is 66.5 Å². The maximum absolute atomic E-state index is 13.9. The number of alkyl halides is 3. The lowest BCUT2D eigenvalue weighted by Gasteiger charge is -2.52. The van der Waals surface area contributed by atoms with Crippen molar-refractivity contribution in [2.24, 2.45) is 0 Å². The molecule has 326 valence electrons. The van der Waals surface area contributed by atoms with Crippen molar-refractivity contribution in [1.82, 2.24) is 0 Å². The molecular formula is C44H40Cl3NO14. The largest absolute Gasteiger partial charge is 0.455 e. The number of hydrogen-bond acceptors (Lipinski definition) is 15. The molecule has 12 atom stereocenters. The Kier molecular flexibility index (Phi) is 13.8. The monoisotopic (exact) mass is 911 g/mol. The maximum atomic E-state index is 13.9. The molecule has 4 aliphatic heterocycles. The Balaban J connectivity index is 1.20. The Morgan fingerprint density at radius 2 is 0.968 bits per heavy atom. The van der Waals surface area contributed by atoms with Crippen molar-refractivity contribution in [2.45, 2.75) is 84.7 Å². The smallest absolute Gasteiger partial charge is 0.338 e. The highest BCUT2D eigenvalue weighted by Gasteiger charge is 2.59.